The molecule has 1 aliphatic carbocycles. The highest BCUT2D eigenvalue weighted by Crippen LogP contribution is 2.38. The number of rotatable bonds is 3. The summed E-state index contributed by atoms with van der Waals surface area (Å²) >= 11 is 18.7. The molecule has 2 N–H and O–H groups in total. The van der Waals surface area contributed by atoms with Gasteiger partial charge < -0.3 is 10.4 Å². The maximum absolute atomic E-state index is 12.4. The summed E-state index contributed by atoms with van der Waals surface area (Å²) in [6.07, 6.45) is 0.838. The molecule has 4 unspecified atom stereocenters. The number of alkyl halides is 2. The van der Waals surface area contributed by atoms with E-state index in [2.05, 4.69) is 37.2 Å². The van der Waals surface area contributed by atoms with E-state index in [0.29, 0.717) is 28.6 Å². The fourth-order valence-electron chi connectivity index (χ4n) is 2.48. The van der Waals surface area contributed by atoms with E-state index in [1.807, 2.05) is 0 Å². The van der Waals surface area contributed by atoms with Gasteiger partial charge in [-0.3, -0.25) is 9.59 Å². The van der Waals surface area contributed by atoms with Crippen molar-refractivity contribution in [3.63, 3.8) is 0 Å². The number of anilines is 1. The van der Waals surface area contributed by atoms with Crippen molar-refractivity contribution in [2.45, 2.75) is 22.5 Å². The summed E-state index contributed by atoms with van der Waals surface area (Å²) < 4.78 is 0. The minimum atomic E-state index is -0.960. The minimum absolute atomic E-state index is 0.0302. The van der Waals surface area contributed by atoms with Gasteiger partial charge in [-0.2, -0.15) is 0 Å². The average Bonchev–Trinajstić information content (AvgIpc) is 2.45. The van der Waals surface area contributed by atoms with Gasteiger partial charge in [0.1, 0.15) is 0 Å². The highest BCUT2D eigenvalue weighted by Gasteiger charge is 2.42. The maximum atomic E-state index is 12.4. The van der Waals surface area contributed by atoms with Gasteiger partial charge in [0.05, 0.1) is 21.9 Å². The van der Waals surface area contributed by atoms with Crippen LogP contribution in [0.3, 0.4) is 0 Å². The molecule has 1 fully saturated rings. The van der Waals surface area contributed by atoms with Crippen LogP contribution in [0.5, 0.6) is 0 Å². The van der Waals surface area contributed by atoms with E-state index in [0.717, 1.165) is 0 Å². The topological polar surface area (TPSA) is 66.4 Å². The number of amides is 1. The van der Waals surface area contributed by atoms with E-state index in [4.69, 9.17) is 23.2 Å². The van der Waals surface area contributed by atoms with Gasteiger partial charge in [-0.25, -0.2) is 0 Å². The van der Waals surface area contributed by atoms with Crippen molar-refractivity contribution in [2.75, 3.05) is 5.32 Å². The Morgan fingerprint density at radius 1 is 1.09 bits per heavy atom. The number of nitrogens with one attached hydrogen (secondary N) is 1. The van der Waals surface area contributed by atoms with E-state index < -0.39 is 17.8 Å². The third-order valence-electron chi connectivity index (χ3n) is 3.68. The summed E-state index contributed by atoms with van der Waals surface area (Å²) in [5.41, 5.74) is 0.496. The van der Waals surface area contributed by atoms with Crippen LogP contribution in [0.2, 0.25) is 10.0 Å². The van der Waals surface area contributed by atoms with Crippen LogP contribution < -0.4 is 5.32 Å². The van der Waals surface area contributed by atoms with E-state index in [1.54, 1.807) is 18.2 Å². The van der Waals surface area contributed by atoms with Gasteiger partial charge in [0, 0.05) is 15.3 Å². The van der Waals surface area contributed by atoms with Crippen LogP contribution in [-0.4, -0.2) is 26.6 Å². The van der Waals surface area contributed by atoms with Crippen LogP contribution in [0.15, 0.2) is 18.2 Å². The van der Waals surface area contributed by atoms with Crippen molar-refractivity contribution in [1.29, 1.82) is 0 Å². The number of benzene rings is 1. The normalized spacial score (nSPS) is 28.2. The summed E-state index contributed by atoms with van der Waals surface area (Å²) in [6.45, 7) is 0. The predicted octanol–water partition coefficient (Wildman–Crippen LogP) is 4.57. The number of carbonyl (C=O) groups excluding carboxylic acids is 1. The Hall–Kier alpha value is -0.300. The predicted molar refractivity (Wildman–Crippen MR) is 94.4 cm³/mol. The zero-order chi connectivity index (χ0) is 16.4. The standard InChI is InChI=1S/C14H13Br2Cl2NO3/c15-9-4-7(8(14(21)22)5-10(9)16)13(20)19-6-1-2-11(17)12(18)3-6/h1-3,7-10H,4-5H2,(H,19,20)(H,21,22). The first-order valence-corrected chi connectivity index (χ1v) is 9.15. The number of halogens is 4. The minimum Gasteiger partial charge on any atom is -0.481 e. The lowest BCUT2D eigenvalue weighted by Gasteiger charge is -2.34. The van der Waals surface area contributed by atoms with Gasteiger partial charge in [0.2, 0.25) is 5.91 Å². The molecular formula is C14H13Br2Cl2NO3. The molecule has 4 atom stereocenters. The molecule has 4 nitrogen and oxygen atoms in total. The zero-order valence-electron chi connectivity index (χ0n) is 11.2. The fraction of sp³-hybridized carbons (Fsp3) is 0.429. The van der Waals surface area contributed by atoms with Crippen molar-refractivity contribution in [3.8, 4) is 0 Å². The lowest BCUT2D eigenvalue weighted by Crippen LogP contribution is -2.42. The Morgan fingerprint density at radius 3 is 2.23 bits per heavy atom. The molecule has 1 aliphatic rings. The molecule has 1 aromatic rings. The smallest absolute Gasteiger partial charge is 0.307 e. The molecule has 1 aromatic carbocycles. The van der Waals surface area contributed by atoms with Gasteiger partial charge in [-0.1, -0.05) is 55.1 Å². The molecule has 1 saturated carbocycles. The molecule has 2 rings (SSSR count). The van der Waals surface area contributed by atoms with E-state index >= 15 is 0 Å². The van der Waals surface area contributed by atoms with Crippen LogP contribution in [0.4, 0.5) is 5.69 Å². The van der Waals surface area contributed by atoms with Crippen molar-refractivity contribution in [1.82, 2.24) is 0 Å². The number of hydrogen-bond acceptors (Lipinski definition) is 2. The summed E-state index contributed by atoms with van der Waals surface area (Å²) in [5, 5.41) is 12.8. The highest BCUT2D eigenvalue weighted by atomic mass is 79.9. The molecule has 120 valence electrons. The molecule has 0 bridgehead atoms. The van der Waals surface area contributed by atoms with Crippen LogP contribution >= 0.6 is 55.1 Å². The Morgan fingerprint density at radius 2 is 1.68 bits per heavy atom. The Kier molecular flexibility index (Phi) is 6.16. The number of hydrogen-bond donors (Lipinski definition) is 2. The quantitative estimate of drug-likeness (QED) is 0.632. The molecule has 0 aliphatic heterocycles. The fourth-order valence-corrected chi connectivity index (χ4v) is 4.02. The van der Waals surface area contributed by atoms with Crippen LogP contribution in [0.25, 0.3) is 0 Å². The first-order chi connectivity index (χ1) is 10.3. The van der Waals surface area contributed by atoms with Crippen molar-refractivity contribution < 1.29 is 14.7 Å². The largest absolute Gasteiger partial charge is 0.481 e. The average molecular weight is 474 g/mol. The van der Waals surface area contributed by atoms with Gasteiger partial charge in [0.25, 0.3) is 0 Å². The van der Waals surface area contributed by atoms with Crippen LogP contribution in [-0.2, 0) is 9.59 Å². The van der Waals surface area contributed by atoms with Gasteiger partial charge in [-0.15, -0.1) is 0 Å². The molecule has 8 heteroatoms. The Bertz CT molecular complexity index is 599. The molecule has 0 radical (unpaired) electrons. The number of carboxylic acids is 1. The van der Waals surface area contributed by atoms with E-state index in [-0.39, 0.29) is 15.6 Å². The zero-order valence-corrected chi connectivity index (χ0v) is 15.9. The Labute approximate surface area is 154 Å². The van der Waals surface area contributed by atoms with Crippen molar-refractivity contribution in [2.24, 2.45) is 11.8 Å². The van der Waals surface area contributed by atoms with E-state index in [9.17, 15) is 14.7 Å². The highest BCUT2D eigenvalue weighted by molar-refractivity contribution is 9.12. The second-order valence-electron chi connectivity index (χ2n) is 5.17. The van der Waals surface area contributed by atoms with Crippen molar-refractivity contribution in [3.05, 3.63) is 28.2 Å². The lowest BCUT2D eigenvalue weighted by atomic mass is 9.78. The first kappa shape index (κ1) is 18.0. The second kappa shape index (κ2) is 7.51. The van der Waals surface area contributed by atoms with Gasteiger partial charge >= 0.3 is 5.97 Å². The summed E-state index contributed by atoms with van der Waals surface area (Å²) in [4.78, 5) is 23.9. The lowest BCUT2D eigenvalue weighted by molar-refractivity contribution is -0.147. The first-order valence-electron chi connectivity index (χ1n) is 6.56. The summed E-state index contributed by atoms with van der Waals surface area (Å²) in [7, 11) is 0. The monoisotopic (exact) mass is 471 g/mol. The second-order valence-corrected chi connectivity index (χ2v) is 8.34. The summed E-state index contributed by atoms with van der Waals surface area (Å²) in [5.74, 6) is -2.61. The maximum Gasteiger partial charge on any atom is 0.307 e. The SMILES string of the molecule is O=C(O)C1CC(Br)C(Br)CC1C(=O)Nc1ccc(Cl)c(Cl)c1. The van der Waals surface area contributed by atoms with Crippen molar-refractivity contribution >= 4 is 72.6 Å². The number of carboxylic acid groups (broad SMARTS) is 1. The molecule has 0 spiro atoms. The number of carbonyl (C=O) groups is 2. The number of aliphatic carboxylic acids is 1. The van der Waals surface area contributed by atoms with E-state index in [1.165, 1.54) is 0 Å². The Balaban J connectivity index is 2.15. The molecule has 0 aromatic heterocycles. The van der Waals surface area contributed by atoms with Crippen LogP contribution in [0, 0.1) is 11.8 Å². The van der Waals surface area contributed by atoms with Gasteiger partial charge in [-0.05, 0) is 31.0 Å². The third-order valence-corrected chi connectivity index (χ3v) is 7.15. The summed E-state index contributed by atoms with van der Waals surface area (Å²) in [6, 6.07) is 4.75. The molecule has 0 heterocycles. The molecular weight excluding hydrogens is 461 g/mol. The molecule has 1 amide bonds. The van der Waals surface area contributed by atoms with Gasteiger partial charge in [0.15, 0.2) is 0 Å². The van der Waals surface area contributed by atoms with Crippen LogP contribution in [0.1, 0.15) is 12.8 Å². The molecule has 22 heavy (non-hydrogen) atoms. The molecule has 0 saturated heterocycles. The third kappa shape index (κ3) is 4.16.